The fourth-order valence-electron chi connectivity index (χ4n) is 3.07. The van der Waals surface area contributed by atoms with Crippen molar-refractivity contribution in [1.29, 1.82) is 0 Å². The molecule has 4 aromatic rings. The van der Waals surface area contributed by atoms with Crippen molar-refractivity contribution < 1.29 is 34.9 Å². The number of nitrogens with zero attached hydrogens (tertiary/aromatic N) is 3. The molecular weight excluding hydrogens is 481 g/mol. The third-order valence-electron chi connectivity index (χ3n) is 4.68. The van der Waals surface area contributed by atoms with Gasteiger partial charge in [0.2, 0.25) is 0 Å². The molecule has 2 aromatic heterocycles. The quantitative estimate of drug-likeness (QED) is 0.302. The molecule has 0 saturated carbocycles. The fourth-order valence-corrected chi connectivity index (χ4v) is 3.59. The summed E-state index contributed by atoms with van der Waals surface area (Å²) in [4.78, 5) is 11.3. The lowest BCUT2D eigenvalue weighted by Crippen LogP contribution is -2.10. The van der Waals surface area contributed by atoms with Crippen LogP contribution in [0.1, 0.15) is 5.69 Å². The van der Waals surface area contributed by atoms with Gasteiger partial charge in [-0.25, -0.2) is 18.7 Å². The Balaban J connectivity index is 1.86. The topological polar surface area (TPSA) is 93.0 Å². The number of halogens is 5. The minimum Gasteiger partial charge on any atom is -0.282 e. The molecule has 12 heteroatoms. The summed E-state index contributed by atoms with van der Waals surface area (Å²) < 4.78 is 99.5. The van der Waals surface area contributed by atoms with Crippen LogP contribution in [0.3, 0.4) is 0 Å². The Bertz CT molecular complexity index is 1510. The summed E-state index contributed by atoms with van der Waals surface area (Å²) in [5.41, 5.74) is -1.17. The average Bonchev–Trinajstić information content (AvgIpc) is 2.79. The molecule has 0 radical (unpaired) electrons. The number of hydrogen-bond acceptors (Lipinski definition) is 5. The number of pyridine rings is 1. The van der Waals surface area contributed by atoms with Crippen LogP contribution >= 0.6 is 0 Å². The molecule has 0 saturated heterocycles. The number of hydrogen-bond donors (Lipinski definition) is 1. The normalized spacial score (nSPS) is 12.1. The molecule has 6 nitrogen and oxygen atoms in total. The lowest BCUT2D eigenvalue weighted by Gasteiger charge is -2.12. The molecule has 174 valence electrons. The molecule has 0 unspecified atom stereocenters. The molecule has 0 spiro atoms. The summed E-state index contributed by atoms with van der Waals surface area (Å²) in [6, 6.07) is 11.0. The van der Waals surface area contributed by atoms with E-state index in [-0.39, 0.29) is 33.9 Å². The van der Waals surface area contributed by atoms with Crippen molar-refractivity contribution in [2.75, 3.05) is 0 Å². The van der Waals surface area contributed by atoms with Crippen LogP contribution in [0.5, 0.6) is 0 Å². The van der Waals surface area contributed by atoms with Crippen molar-refractivity contribution >= 4 is 10.1 Å². The third-order valence-corrected chi connectivity index (χ3v) is 5.53. The Morgan fingerprint density at radius 3 is 2.18 bits per heavy atom. The highest BCUT2D eigenvalue weighted by atomic mass is 32.2. The van der Waals surface area contributed by atoms with Gasteiger partial charge in [-0.05, 0) is 48.5 Å². The second-order valence-corrected chi connectivity index (χ2v) is 8.44. The highest BCUT2D eigenvalue weighted by molar-refractivity contribution is 7.85. The molecule has 0 aliphatic heterocycles. The third kappa shape index (κ3) is 4.92. The molecule has 4 rings (SSSR count). The van der Waals surface area contributed by atoms with Crippen LogP contribution < -0.4 is 0 Å². The van der Waals surface area contributed by atoms with E-state index in [0.29, 0.717) is 6.07 Å². The van der Waals surface area contributed by atoms with E-state index in [1.54, 1.807) is 0 Å². The molecule has 0 atom stereocenters. The maximum absolute atomic E-state index is 13.7. The zero-order chi connectivity index (χ0) is 24.7. The van der Waals surface area contributed by atoms with Gasteiger partial charge < -0.3 is 0 Å². The Morgan fingerprint density at radius 2 is 1.50 bits per heavy atom. The standard InChI is InChI=1S/C22H12F5N3O3S/c23-16-5-4-13(9-17(16)24)19-11-20(22(25,26)27)30-21(29-19)14-6-7-28-18(10-14)12-2-1-3-15(8-12)34(31,32)33/h1-11H,(H,31,32,33). The van der Waals surface area contributed by atoms with Gasteiger partial charge >= 0.3 is 6.18 Å². The Morgan fingerprint density at radius 1 is 0.765 bits per heavy atom. The summed E-state index contributed by atoms with van der Waals surface area (Å²) >= 11 is 0. The summed E-state index contributed by atoms with van der Waals surface area (Å²) in [5.74, 6) is -2.79. The van der Waals surface area contributed by atoms with Crippen LogP contribution in [0.4, 0.5) is 22.0 Å². The van der Waals surface area contributed by atoms with Crippen LogP contribution in [0, 0.1) is 11.6 Å². The molecule has 34 heavy (non-hydrogen) atoms. The molecule has 0 aliphatic rings. The van der Waals surface area contributed by atoms with E-state index >= 15 is 0 Å². The number of aromatic nitrogens is 3. The first kappa shape index (κ1) is 23.4. The molecule has 1 N–H and O–H groups in total. The maximum Gasteiger partial charge on any atom is 0.433 e. The van der Waals surface area contributed by atoms with E-state index in [1.165, 1.54) is 30.5 Å². The van der Waals surface area contributed by atoms with Gasteiger partial charge in [-0.2, -0.15) is 21.6 Å². The molecule has 0 amide bonds. The molecule has 0 fully saturated rings. The predicted molar refractivity (Wildman–Crippen MR) is 111 cm³/mol. The van der Waals surface area contributed by atoms with Crippen LogP contribution in [0.25, 0.3) is 33.9 Å². The van der Waals surface area contributed by atoms with E-state index in [1.807, 2.05) is 0 Å². The molecule has 0 bridgehead atoms. The second-order valence-electron chi connectivity index (χ2n) is 7.02. The highest BCUT2D eigenvalue weighted by Crippen LogP contribution is 2.33. The Hall–Kier alpha value is -3.77. The molecule has 0 aliphatic carbocycles. The summed E-state index contributed by atoms with van der Waals surface area (Å²) in [5, 5.41) is 0. The summed E-state index contributed by atoms with van der Waals surface area (Å²) in [6.45, 7) is 0. The minimum absolute atomic E-state index is 0.0943. The summed E-state index contributed by atoms with van der Waals surface area (Å²) in [6.07, 6.45) is -3.60. The Labute approximate surface area is 189 Å². The van der Waals surface area contributed by atoms with E-state index in [4.69, 9.17) is 0 Å². The largest absolute Gasteiger partial charge is 0.433 e. The van der Waals surface area contributed by atoms with E-state index in [2.05, 4.69) is 15.0 Å². The van der Waals surface area contributed by atoms with E-state index in [9.17, 15) is 34.9 Å². The fraction of sp³-hybridized carbons (Fsp3) is 0.0455. The van der Waals surface area contributed by atoms with Crippen LogP contribution in [-0.4, -0.2) is 27.9 Å². The van der Waals surface area contributed by atoms with Gasteiger partial charge in [0, 0.05) is 22.9 Å². The first-order chi connectivity index (χ1) is 15.9. The van der Waals surface area contributed by atoms with Crippen LogP contribution in [0.15, 0.2) is 71.8 Å². The molecular formula is C22H12F5N3O3S. The van der Waals surface area contributed by atoms with Gasteiger partial charge in [-0.1, -0.05) is 12.1 Å². The first-order valence-electron chi connectivity index (χ1n) is 9.38. The lowest BCUT2D eigenvalue weighted by atomic mass is 10.1. The van der Waals surface area contributed by atoms with E-state index < -0.39 is 38.5 Å². The molecule has 2 aromatic carbocycles. The van der Waals surface area contributed by atoms with E-state index in [0.717, 1.165) is 30.3 Å². The second kappa shape index (κ2) is 8.54. The van der Waals surface area contributed by atoms with Gasteiger partial charge in [0.25, 0.3) is 10.1 Å². The number of alkyl halides is 3. The maximum atomic E-state index is 13.7. The van der Waals surface area contributed by atoms with Gasteiger partial charge in [0.05, 0.1) is 16.3 Å². The van der Waals surface area contributed by atoms with Gasteiger partial charge in [0.15, 0.2) is 17.5 Å². The first-order valence-corrected chi connectivity index (χ1v) is 10.8. The van der Waals surface area contributed by atoms with Crippen molar-refractivity contribution in [1.82, 2.24) is 15.0 Å². The highest BCUT2D eigenvalue weighted by Gasteiger charge is 2.34. The SMILES string of the molecule is O=S(=O)(O)c1cccc(-c2cc(-c3nc(-c4ccc(F)c(F)c4)cc(C(F)(F)F)n3)ccn2)c1. The number of rotatable bonds is 4. The van der Waals surface area contributed by atoms with Crippen molar-refractivity contribution in [2.45, 2.75) is 11.1 Å². The van der Waals surface area contributed by atoms with Crippen LogP contribution in [0.2, 0.25) is 0 Å². The number of benzene rings is 2. The summed E-state index contributed by atoms with van der Waals surface area (Å²) in [7, 11) is -4.50. The van der Waals surface area contributed by atoms with Gasteiger partial charge in [-0.3, -0.25) is 9.54 Å². The zero-order valence-electron chi connectivity index (χ0n) is 16.8. The van der Waals surface area contributed by atoms with Crippen molar-refractivity contribution in [3.05, 3.63) is 84.2 Å². The van der Waals surface area contributed by atoms with Crippen LogP contribution in [-0.2, 0) is 16.3 Å². The zero-order valence-corrected chi connectivity index (χ0v) is 17.6. The Kier molecular flexibility index (Phi) is 5.87. The monoisotopic (exact) mass is 493 g/mol. The van der Waals surface area contributed by atoms with Crippen molar-refractivity contribution in [3.63, 3.8) is 0 Å². The van der Waals surface area contributed by atoms with Crippen molar-refractivity contribution in [3.8, 4) is 33.9 Å². The van der Waals surface area contributed by atoms with Crippen molar-refractivity contribution in [2.24, 2.45) is 0 Å². The lowest BCUT2D eigenvalue weighted by molar-refractivity contribution is -0.141. The molecule has 2 heterocycles. The predicted octanol–water partition coefficient (Wildman–Crippen LogP) is 5.42. The average molecular weight is 493 g/mol. The van der Waals surface area contributed by atoms with Gasteiger partial charge in [0.1, 0.15) is 5.69 Å². The van der Waals surface area contributed by atoms with Gasteiger partial charge in [-0.15, -0.1) is 0 Å². The minimum atomic E-state index is -4.86. The smallest absolute Gasteiger partial charge is 0.282 e.